The average Bonchev–Trinajstić information content (AvgIpc) is 2.65. The summed E-state index contributed by atoms with van der Waals surface area (Å²) in [5.74, 6) is 0.994. The molecule has 2 heterocycles. The maximum atomic E-state index is 12.3. The first-order chi connectivity index (χ1) is 13.7. The van der Waals surface area contributed by atoms with E-state index in [4.69, 9.17) is 20.5 Å². The largest absolute Gasteiger partial charge is 0.492 e. The Balaban J connectivity index is 1.43. The molecule has 2 fully saturated rings. The highest BCUT2D eigenvalue weighted by Gasteiger charge is 2.36. The summed E-state index contributed by atoms with van der Waals surface area (Å²) in [6.45, 7) is 10.8. The lowest BCUT2D eigenvalue weighted by molar-refractivity contribution is -0.147. The summed E-state index contributed by atoms with van der Waals surface area (Å²) in [6.07, 6.45) is 0.226. The number of fused-ring (bicyclic) bond motifs is 2. The normalized spacial score (nSPS) is 24.0. The first-order valence-electron chi connectivity index (χ1n) is 10.2. The van der Waals surface area contributed by atoms with Crippen LogP contribution in [0.4, 0.5) is 0 Å². The van der Waals surface area contributed by atoms with Gasteiger partial charge in [0.1, 0.15) is 12.4 Å². The van der Waals surface area contributed by atoms with Crippen LogP contribution in [0.1, 0.15) is 26.3 Å². The van der Waals surface area contributed by atoms with E-state index in [2.05, 4.69) is 15.9 Å². The Labute approximate surface area is 173 Å². The van der Waals surface area contributed by atoms with E-state index in [-0.39, 0.29) is 29.4 Å². The van der Waals surface area contributed by atoms with Crippen molar-refractivity contribution in [2.24, 2.45) is 11.1 Å². The van der Waals surface area contributed by atoms with Crippen molar-refractivity contribution < 1.29 is 14.3 Å². The number of rotatable bonds is 7. The zero-order chi connectivity index (χ0) is 21.0. The van der Waals surface area contributed by atoms with Gasteiger partial charge in [-0.15, -0.1) is 0 Å². The van der Waals surface area contributed by atoms with E-state index in [1.165, 1.54) is 0 Å². The van der Waals surface area contributed by atoms with E-state index < -0.39 is 0 Å². The molecule has 2 saturated heterocycles. The van der Waals surface area contributed by atoms with Gasteiger partial charge in [-0.05, 0) is 24.3 Å². The molecule has 2 aliphatic heterocycles. The number of benzene rings is 1. The van der Waals surface area contributed by atoms with E-state index in [1.807, 2.05) is 20.8 Å². The third-order valence-corrected chi connectivity index (χ3v) is 5.38. The first kappa shape index (κ1) is 21.7. The number of ketones is 1. The Kier molecular flexibility index (Phi) is 6.91. The van der Waals surface area contributed by atoms with Gasteiger partial charge in [-0.3, -0.25) is 14.6 Å². The standard InChI is InChI=1S/C22H32N4O3/c1-22(2,3)21(27)14-26-12-19-10-25(11-20(13-26)29-19)9-17(24)15-28-18-6-4-16(8-23)5-7-18/h4-7,17,19-20H,9-15,24H2,1-3H3/t17-,19?,20?/m0/s1. The predicted molar refractivity (Wildman–Crippen MR) is 111 cm³/mol. The van der Waals surface area contributed by atoms with Crippen LogP contribution < -0.4 is 10.5 Å². The van der Waals surface area contributed by atoms with E-state index in [0.29, 0.717) is 18.7 Å². The molecule has 29 heavy (non-hydrogen) atoms. The number of Topliss-reactive ketones (excluding diaryl/α,β-unsaturated/α-hetero) is 1. The summed E-state index contributed by atoms with van der Waals surface area (Å²) >= 11 is 0. The highest BCUT2D eigenvalue weighted by Crippen LogP contribution is 2.22. The van der Waals surface area contributed by atoms with Gasteiger partial charge in [0.25, 0.3) is 0 Å². The Morgan fingerprint density at radius 2 is 1.79 bits per heavy atom. The van der Waals surface area contributed by atoms with Crippen LogP contribution in [0.25, 0.3) is 0 Å². The number of hydrogen-bond acceptors (Lipinski definition) is 7. The molecular formula is C22H32N4O3. The van der Waals surface area contributed by atoms with Crippen LogP contribution in [0.3, 0.4) is 0 Å². The topological polar surface area (TPSA) is 91.8 Å². The summed E-state index contributed by atoms with van der Waals surface area (Å²) in [7, 11) is 0. The second kappa shape index (κ2) is 9.23. The molecule has 2 unspecified atom stereocenters. The summed E-state index contributed by atoms with van der Waals surface area (Å²) < 4.78 is 11.8. The van der Waals surface area contributed by atoms with Gasteiger partial charge in [0.2, 0.25) is 0 Å². The quantitative estimate of drug-likeness (QED) is 0.737. The molecule has 3 rings (SSSR count). The maximum absolute atomic E-state index is 12.3. The molecule has 2 N–H and O–H groups in total. The van der Waals surface area contributed by atoms with E-state index in [1.54, 1.807) is 24.3 Å². The van der Waals surface area contributed by atoms with Crippen LogP contribution in [0.5, 0.6) is 5.75 Å². The zero-order valence-electron chi connectivity index (χ0n) is 17.6. The second-order valence-electron chi connectivity index (χ2n) is 9.17. The lowest BCUT2D eigenvalue weighted by Gasteiger charge is -2.46. The third-order valence-electron chi connectivity index (χ3n) is 5.38. The number of nitrogens with two attached hydrogens (primary N) is 1. The van der Waals surface area contributed by atoms with Gasteiger partial charge in [0.15, 0.2) is 5.78 Å². The number of ether oxygens (including phenoxy) is 2. The van der Waals surface area contributed by atoms with Crippen molar-refractivity contribution in [3.05, 3.63) is 29.8 Å². The van der Waals surface area contributed by atoms with Crippen LogP contribution in [0.2, 0.25) is 0 Å². The third kappa shape index (κ3) is 6.25. The number of morpholine rings is 2. The van der Waals surface area contributed by atoms with Gasteiger partial charge in [-0.1, -0.05) is 20.8 Å². The summed E-state index contributed by atoms with van der Waals surface area (Å²) in [6, 6.07) is 9.04. The number of nitrogens with zero attached hydrogens (tertiary/aromatic N) is 3. The first-order valence-corrected chi connectivity index (χ1v) is 10.2. The van der Waals surface area contributed by atoms with E-state index in [0.717, 1.165) is 38.5 Å². The highest BCUT2D eigenvalue weighted by atomic mass is 16.5. The van der Waals surface area contributed by atoms with Gasteiger partial charge in [0, 0.05) is 38.1 Å². The maximum Gasteiger partial charge on any atom is 0.152 e. The molecule has 0 saturated carbocycles. The van der Waals surface area contributed by atoms with Gasteiger partial charge in [-0.25, -0.2) is 0 Å². The molecule has 7 nitrogen and oxygen atoms in total. The molecule has 2 aliphatic rings. The number of carbonyl (C=O) groups excluding carboxylic acids is 1. The highest BCUT2D eigenvalue weighted by molar-refractivity contribution is 5.85. The Hall–Kier alpha value is -1.98. The lowest BCUT2D eigenvalue weighted by Crippen LogP contribution is -2.61. The summed E-state index contributed by atoms with van der Waals surface area (Å²) in [5, 5.41) is 8.85. The Morgan fingerprint density at radius 1 is 1.21 bits per heavy atom. The van der Waals surface area contributed by atoms with E-state index in [9.17, 15) is 4.79 Å². The van der Waals surface area contributed by atoms with Gasteiger partial charge < -0.3 is 15.2 Å². The molecular weight excluding hydrogens is 368 g/mol. The zero-order valence-corrected chi connectivity index (χ0v) is 17.6. The second-order valence-corrected chi connectivity index (χ2v) is 9.17. The number of nitriles is 1. The molecule has 7 heteroatoms. The molecule has 0 radical (unpaired) electrons. The van der Waals surface area contributed by atoms with Crippen molar-refractivity contribution in [3.8, 4) is 11.8 Å². The fourth-order valence-corrected chi connectivity index (χ4v) is 3.79. The fourth-order valence-electron chi connectivity index (χ4n) is 3.79. The van der Waals surface area contributed by atoms with E-state index >= 15 is 0 Å². The van der Waals surface area contributed by atoms with Crippen molar-refractivity contribution in [2.45, 2.75) is 39.0 Å². The summed E-state index contributed by atoms with van der Waals surface area (Å²) in [5.41, 5.74) is 6.59. The van der Waals surface area contributed by atoms with Crippen LogP contribution in [-0.4, -0.2) is 79.7 Å². The van der Waals surface area contributed by atoms with Crippen molar-refractivity contribution in [1.29, 1.82) is 5.26 Å². The van der Waals surface area contributed by atoms with Crippen LogP contribution in [0.15, 0.2) is 24.3 Å². The average molecular weight is 401 g/mol. The smallest absolute Gasteiger partial charge is 0.152 e. The van der Waals surface area contributed by atoms with Crippen molar-refractivity contribution in [1.82, 2.24) is 9.80 Å². The Morgan fingerprint density at radius 3 is 2.34 bits per heavy atom. The molecule has 0 amide bonds. The van der Waals surface area contributed by atoms with Crippen LogP contribution in [0, 0.1) is 16.7 Å². The van der Waals surface area contributed by atoms with Gasteiger partial charge in [0.05, 0.1) is 36.4 Å². The number of hydrogen-bond donors (Lipinski definition) is 1. The molecule has 158 valence electrons. The molecule has 0 aliphatic carbocycles. The van der Waals surface area contributed by atoms with Crippen molar-refractivity contribution in [3.63, 3.8) is 0 Å². The number of carbonyl (C=O) groups is 1. The molecule has 1 aromatic rings. The Bertz CT molecular complexity index is 724. The van der Waals surface area contributed by atoms with Crippen molar-refractivity contribution in [2.75, 3.05) is 45.9 Å². The minimum Gasteiger partial charge on any atom is -0.492 e. The van der Waals surface area contributed by atoms with Crippen LogP contribution >= 0.6 is 0 Å². The molecule has 0 aromatic heterocycles. The monoisotopic (exact) mass is 400 g/mol. The molecule has 1 aromatic carbocycles. The SMILES string of the molecule is CC(C)(C)C(=O)CN1CC2CN(C[C@H](N)COc3ccc(C#N)cc3)CC(C1)O2. The molecule has 3 atom stereocenters. The molecule has 0 spiro atoms. The molecule has 2 bridgehead atoms. The minimum atomic E-state index is -0.304. The lowest BCUT2D eigenvalue weighted by atomic mass is 9.90. The minimum absolute atomic E-state index is 0.108. The fraction of sp³-hybridized carbons (Fsp3) is 0.636. The van der Waals surface area contributed by atoms with Crippen LogP contribution in [-0.2, 0) is 9.53 Å². The predicted octanol–water partition coefficient (Wildman–Crippen LogP) is 1.26. The van der Waals surface area contributed by atoms with Gasteiger partial charge in [-0.2, -0.15) is 5.26 Å². The van der Waals surface area contributed by atoms with Gasteiger partial charge >= 0.3 is 0 Å². The summed E-state index contributed by atoms with van der Waals surface area (Å²) in [4.78, 5) is 16.9. The van der Waals surface area contributed by atoms with Crippen molar-refractivity contribution >= 4 is 5.78 Å².